The molecule has 0 amide bonds. The van der Waals surface area contributed by atoms with Crippen molar-refractivity contribution in [3.8, 4) is 11.3 Å². The first-order valence-corrected chi connectivity index (χ1v) is 12.4. The Balaban J connectivity index is 1.25. The van der Waals surface area contributed by atoms with E-state index in [1.807, 2.05) is 6.07 Å². The van der Waals surface area contributed by atoms with Gasteiger partial charge < -0.3 is 14.6 Å². The normalized spacial score (nSPS) is 13.7. The third-order valence-electron chi connectivity index (χ3n) is 5.60. The Morgan fingerprint density at radius 3 is 2.35 bits per heavy atom. The number of hydrogen-bond donors (Lipinski definition) is 2. The monoisotopic (exact) mass is 476 g/mol. The number of sulfonamides is 1. The Morgan fingerprint density at radius 1 is 0.971 bits per heavy atom. The predicted molar refractivity (Wildman–Crippen MR) is 131 cm³/mol. The van der Waals surface area contributed by atoms with Crippen molar-refractivity contribution < 1.29 is 12.8 Å². The van der Waals surface area contributed by atoms with Crippen LogP contribution in [-0.2, 0) is 10.0 Å². The molecule has 0 unspecified atom stereocenters. The van der Waals surface area contributed by atoms with Gasteiger partial charge in [-0.25, -0.2) is 13.4 Å². The fraction of sp³-hybridized carbons (Fsp3) is 0.208. The molecule has 0 bridgehead atoms. The SMILES string of the molecule is Cc1nc(-c2ccc(S(=O)(=O)Nc3ccc(Nc4cc(N5CCCC5)cnn4)cc3)cc2)co1. The minimum atomic E-state index is -3.74. The summed E-state index contributed by atoms with van der Waals surface area (Å²) >= 11 is 0. The lowest BCUT2D eigenvalue weighted by Gasteiger charge is -2.17. The highest BCUT2D eigenvalue weighted by Gasteiger charge is 2.16. The van der Waals surface area contributed by atoms with Crippen LogP contribution in [0.3, 0.4) is 0 Å². The molecule has 0 spiro atoms. The topological polar surface area (TPSA) is 113 Å². The number of aromatic nitrogens is 3. The van der Waals surface area contributed by atoms with Crippen LogP contribution in [-0.4, -0.2) is 36.7 Å². The van der Waals surface area contributed by atoms with Crippen LogP contribution in [0.1, 0.15) is 18.7 Å². The van der Waals surface area contributed by atoms with E-state index < -0.39 is 10.0 Å². The third-order valence-corrected chi connectivity index (χ3v) is 7.00. The van der Waals surface area contributed by atoms with Crippen molar-refractivity contribution >= 4 is 32.9 Å². The number of nitrogens with one attached hydrogen (secondary N) is 2. The summed E-state index contributed by atoms with van der Waals surface area (Å²) in [5, 5.41) is 11.5. The average Bonchev–Trinajstić information content (AvgIpc) is 3.53. The number of oxazole rings is 1. The highest BCUT2D eigenvalue weighted by Crippen LogP contribution is 2.25. The molecule has 2 aromatic heterocycles. The highest BCUT2D eigenvalue weighted by molar-refractivity contribution is 7.92. The van der Waals surface area contributed by atoms with Crippen LogP contribution in [0.25, 0.3) is 11.3 Å². The number of hydrogen-bond acceptors (Lipinski definition) is 8. The molecule has 2 aromatic carbocycles. The first-order valence-electron chi connectivity index (χ1n) is 11.0. The Bertz CT molecular complexity index is 1380. The van der Waals surface area contributed by atoms with Crippen molar-refractivity contribution in [1.29, 1.82) is 0 Å². The van der Waals surface area contributed by atoms with Crippen LogP contribution in [0.2, 0.25) is 0 Å². The van der Waals surface area contributed by atoms with Gasteiger partial charge in [0.25, 0.3) is 10.0 Å². The van der Waals surface area contributed by atoms with Gasteiger partial charge in [0, 0.05) is 43.0 Å². The number of aryl methyl sites for hydroxylation is 1. The molecule has 0 atom stereocenters. The van der Waals surface area contributed by atoms with Crippen LogP contribution < -0.4 is 14.9 Å². The molecule has 0 saturated carbocycles. The van der Waals surface area contributed by atoms with E-state index in [1.54, 1.807) is 67.9 Å². The summed E-state index contributed by atoms with van der Waals surface area (Å²) in [6, 6.07) is 15.4. The zero-order valence-corrected chi connectivity index (χ0v) is 19.4. The molecule has 3 heterocycles. The summed E-state index contributed by atoms with van der Waals surface area (Å²) in [4.78, 5) is 6.70. The van der Waals surface area contributed by atoms with E-state index in [0.29, 0.717) is 23.1 Å². The van der Waals surface area contributed by atoms with E-state index in [9.17, 15) is 8.42 Å². The number of benzene rings is 2. The van der Waals surface area contributed by atoms with Crippen LogP contribution in [0.5, 0.6) is 0 Å². The lowest BCUT2D eigenvalue weighted by Crippen LogP contribution is -2.18. The lowest BCUT2D eigenvalue weighted by molar-refractivity contribution is 0.521. The molecule has 0 aliphatic carbocycles. The molecule has 34 heavy (non-hydrogen) atoms. The van der Waals surface area contributed by atoms with E-state index in [1.165, 1.54) is 12.8 Å². The fourth-order valence-electron chi connectivity index (χ4n) is 3.85. The van der Waals surface area contributed by atoms with Gasteiger partial charge in [0.1, 0.15) is 12.0 Å². The van der Waals surface area contributed by atoms with E-state index in [2.05, 4.69) is 30.1 Å². The van der Waals surface area contributed by atoms with Crippen molar-refractivity contribution in [1.82, 2.24) is 15.2 Å². The summed E-state index contributed by atoms with van der Waals surface area (Å²) in [5.74, 6) is 1.19. The standard InChI is InChI=1S/C24H24N6O3S/c1-17-26-23(16-33-17)18-4-10-22(11-5-18)34(31,32)29-20-8-6-19(7-9-20)27-24-14-21(15-25-28-24)30-12-2-3-13-30/h4-11,14-16,29H,2-3,12-13H2,1H3,(H,27,28). The highest BCUT2D eigenvalue weighted by atomic mass is 32.2. The zero-order valence-electron chi connectivity index (χ0n) is 18.6. The number of rotatable bonds is 7. The van der Waals surface area contributed by atoms with Crippen molar-refractivity contribution in [3.05, 3.63) is 72.9 Å². The molecule has 5 rings (SSSR count). The predicted octanol–water partition coefficient (Wildman–Crippen LogP) is 4.58. The molecule has 1 fully saturated rings. The summed E-state index contributed by atoms with van der Waals surface area (Å²) in [6.45, 7) is 3.82. The van der Waals surface area contributed by atoms with Crippen LogP contribution >= 0.6 is 0 Å². The zero-order chi connectivity index (χ0) is 23.5. The summed E-state index contributed by atoms with van der Waals surface area (Å²) in [5.41, 5.74) is 3.72. The maximum atomic E-state index is 12.8. The number of anilines is 4. The van der Waals surface area contributed by atoms with Crippen molar-refractivity contribution in [2.45, 2.75) is 24.7 Å². The van der Waals surface area contributed by atoms with E-state index in [4.69, 9.17) is 4.42 Å². The molecule has 0 radical (unpaired) electrons. The second-order valence-corrected chi connectivity index (χ2v) is 9.76. The minimum Gasteiger partial charge on any atom is -0.449 e. The molecule has 1 aliphatic heterocycles. The van der Waals surface area contributed by atoms with E-state index >= 15 is 0 Å². The Kier molecular flexibility index (Phi) is 5.89. The Hall–Kier alpha value is -3.92. The molecule has 1 aliphatic rings. The Labute approximate surface area is 197 Å². The fourth-order valence-corrected chi connectivity index (χ4v) is 4.91. The maximum Gasteiger partial charge on any atom is 0.261 e. The van der Waals surface area contributed by atoms with E-state index in [0.717, 1.165) is 30.0 Å². The van der Waals surface area contributed by atoms with Crippen molar-refractivity contribution in [2.75, 3.05) is 28.0 Å². The van der Waals surface area contributed by atoms with Crippen molar-refractivity contribution in [2.24, 2.45) is 0 Å². The molecule has 9 nitrogen and oxygen atoms in total. The first kappa shape index (κ1) is 21.9. The molecule has 2 N–H and O–H groups in total. The van der Waals surface area contributed by atoms with Gasteiger partial charge in [-0.3, -0.25) is 4.72 Å². The summed E-state index contributed by atoms with van der Waals surface area (Å²) in [7, 11) is -3.74. The lowest BCUT2D eigenvalue weighted by atomic mass is 10.2. The van der Waals surface area contributed by atoms with Gasteiger partial charge in [0.15, 0.2) is 11.7 Å². The average molecular weight is 477 g/mol. The molecular weight excluding hydrogens is 452 g/mol. The molecule has 1 saturated heterocycles. The van der Waals surface area contributed by atoms with Gasteiger partial charge in [-0.1, -0.05) is 12.1 Å². The molecule has 10 heteroatoms. The maximum absolute atomic E-state index is 12.8. The quantitative estimate of drug-likeness (QED) is 0.398. The minimum absolute atomic E-state index is 0.160. The van der Waals surface area contributed by atoms with Crippen LogP contribution in [0.4, 0.5) is 22.9 Å². The molecular formula is C24H24N6O3S. The van der Waals surface area contributed by atoms with Gasteiger partial charge in [-0.2, -0.15) is 5.10 Å². The Morgan fingerprint density at radius 2 is 1.68 bits per heavy atom. The largest absolute Gasteiger partial charge is 0.449 e. The van der Waals surface area contributed by atoms with Crippen LogP contribution in [0, 0.1) is 6.92 Å². The van der Waals surface area contributed by atoms with Crippen molar-refractivity contribution in [3.63, 3.8) is 0 Å². The third kappa shape index (κ3) is 4.86. The van der Waals surface area contributed by atoms with E-state index in [-0.39, 0.29) is 4.90 Å². The smallest absolute Gasteiger partial charge is 0.261 e. The molecule has 4 aromatic rings. The first-order chi connectivity index (χ1) is 16.5. The van der Waals surface area contributed by atoms with Crippen LogP contribution in [0.15, 0.2) is 76.4 Å². The second kappa shape index (κ2) is 9.14. The van der Waals surface area contributed by atoms with Gasteiger partial charge in [0.2, 0.25) is 0 Å². The van der Waals surface area contributed by atoms with Gasteiger partial charge in [-0.15, -0.1) is 5.10 Å². The van der Waals surface area contributed by atoms with Gasteiger partial charge >= 0.3 is 0 Å². The summed E-state index contributed by atoms with van der Waals surface area (Å²) in [6.07, 6.45) is 5.69. The van der Waals surface area contributed by atoms with Gasteiger partial charge in [0.05, 0.1) is 16.8 Å². The second-order valence-electron chi connectivity index (χ2n) is 8.08. The van der Waals surface area contributed by atoms with Gasteiger partial charge in [-0.05, 0) is 49.2 Å². The number of nitrogens with zero attached hydrogens (tertiary/aromatic N) is 4. The summed E-state index contributed by atoms with van der Waals surface area (Å²) < 4.78 is 33.4. The molecule has 174 valence electrons.